The van der Waals surface area contributed by atoms with E-state index in [2.05, 4.69) is 26.2 Å². The third kappa shape index (κ3) is 4.15. The van der Waals surface area contributed by atoms with Crippen molar-refractivity contribution in [1.29, 1.82) is 0 Å². The smallest absolute Gasteiger partial charge is 0.298 e. The van der Waals surface area contributed by atoms with E-state index in [1.807, 2.05) is 17.5 Å². The van der Waals surface area contributed by atoms with Crippen LogP contribution in [0.15, 0.2) is 39.5 Å². The van der Waals surface area contributed by atoms with Gasteiger partial charge >= 0.3 is 5.00 Å². The van der Waals surface area contributed by atoms with E-state index in [-0.39, 0.29) is 10.9 Å². The second kappa shape index (κ2) is 7.34. The molecular weight excluding hydrogens is 434 g/mol. The van der Waals surface area contributed by atoms with Gasteiger partial charge < -0.3 is 0 Å². The van der Waals surface area contributed by atoms with Crippen LogP contribution in [-0.2, 0) is 4.79 Å². The summed E-state index contributed by atoms with van der Waals surface area (Å²) in [4.78, 5) is 28.1. The summed E-state index contributed by atoms with van der Waals surface area (Å²) in [5.74, 6) is -0.334. The number of amides is 1. The topological polar surface area (TPSA) is 85.1 Å². The van der Waals surface area contributed by atoms with Crippen LogP contribution >= 0.6 is 49.9 Å². The standard InChI is InChI=1S/C14H8BrN3O3S3/c15-11-4-3-10(24-11)9-7-22-14(16-9)17-12(19)5-1-8-2-6-13(23-8)18(20)21/h1-7H,(H,16,17,19). The van der Waals surface area contributed by atoms with Crippen LogP contribution in [0, 0.1) is 10.1 Å². The lowest BCUT2D eigenvalue weighted by Crippen LogP contribution is -2.07. The Kier molecular flexibility index (Phi) is 5.19. The van der Waals surface area contributed by atoms with Crippen molar-refractivity contribution in [3.63, 3.8) is 0 Å². The molecule has 0 aliphatic heterocycles. The summed E-state index contributed by atoms with van der Waals surface area (Å²) < 4.78 is 1.02. The van der Waals surface area contributed by atoms with Crippen molar-refractivity contribution >= 4 is 72.1 Å². The number of carbonyl (C=O) groups is 1. The molecule has 6 nitrogen and oxygen atoms in total. The molecule has 0 bridgehead atoms. The van der Waals surface area contributed by atoms with Gasteiger partial charge in [-0.3, -0.25) is 20.2 Å². The van der Waals surface area contributed by atoms with Crippen molar-refractivity contribution in [1.82, 2.24) is 4.98 Å². The second-order valence-corrected chi connectivity index (χ2v) is 8.81. The molecule has 0 saturated heterocycles. The molecule has 10 heteroatoms. The van der Waals surface area contributed by atoms with Gasteiger partial charge in [0.1, 0.15) is 0 Å². The Morgan fingerprint density at radius 2 is 2.12 bits per heavy atom. The molecule has 0 saturated carbocycles. The van der Waals surface area contributed by atoms with Crippen LogP contribution in [0.1, 0.15) is 4.88 Å². The Morgan fingerprint density at radius 1 is 1.29 bits per heavy atom. The highest BCUT2D eigenvalue weighted by molar-refractivity contribution is 9.11. The average Bonchev–Trinajstić information content (AvgIpc) is 3.25. The lowest BCUT2D eigenvalue weighted by Gasteiger charge is -1.95. The summed E-state index contributed by atoms with van der Waals surface area (Å²) in [7, 11) is 0. The van der Waals surface area contributed by atoms with E-state index in [1.165, 1.54) is 29.6 Å². The molecule has 0 aliphatic carbocycles. The van der Waals surface area contributed by atoms with Crippen LogP contribution in [0.4, 0.5) is 10.1 Å². The molecule has 122 valence electrons. The second-order valence-electron chi connectivity index (χ2n) is 4.40. The normalized spacial score (nSPS) is 11.0. The van der Waals surface area contributed by atoms with Gasteiger partial charge in [0.05, 0.1) is 19.3 Å². The summed E-state index contributed by atoms with van der Waals surface area (Å²) in [5, 5.41) is 15.7. The van der Waals surface area contributed by atoms with Gasteiger partial charge in [0.15, 0.2) is 5.13 Å². The number of anilines is 1. The molecule has 3 heterocycles. The Hall–Kier alpha value is -1.88. The first-order chi connectivity index (χ1) is 11.5. The predicted octanol–water partition coefficient (Wildman–Crippen LogP) is 5.26. The molecule has 24 heavy (non-hydrogen) atoms. The van der Waals surface area contributed by atoms with Crippen LogP contribution in [0.25, 0.3) is 16.6 Å². The van der Waals surface area contributed by atoms with E-state index in [0.717, 1.165) is 25.7 Å². The zero-order valence-corrected chi connectivity index (χ0v) is 15.8. The van der Waals surface area contributed by atoms with E-state index in [1.54, 1.807) is 17.4 Å². The van der Waals surface area contributed by atoms with Crippen LogP contribution < -0.4 is 5.32 Å². The fourth-order valence-electron chi connectivity index (χ4n) is 1.73. The third-order valence-corrected chi connectivity index (χ3v) is 6.16. The van der Waals surface area contributed by atoms with E-state index in [0.29, 0.717) is 10.0 Å². The molecule has 0 spiro atoms. The molecular formula is C14H8BrN3O3S3. The van der Waals surface area contributed by atoms with Crippen molar-refractivity contribution in [2.24, 2.45) is 0 Å². The number of nitrogens with zero attached hydrogens (tertiary/aromatic N) is 2. The highest BCUT2D eigenvalue weighted by Crippen LogP contribution is 2.33. The number of thiophene rings is 2. The molecule has 0 unspecified atom stereocenters. The van der Waals surface area contributed by atoms with Crippen LogP contribution in [-0.4, -0.2) is 15.8 Å². The SMILES string of the molecule is O=C(C=Cc1ccc([N+](=O)[O-])s1)Nc1nc(-c2ccc(Br)s2)cs1. The highest BCUT2D eigenvalue weighted by atomic mass is 79.9. The molecule has 0 atom stereocenters. The van der Waals surface area contributed by atoms with Crippen molar-refractivity contribution < 1.29 is 9.72 Å². The number of carbonyl (C=O) groups excluding carboxylic acids is 1. The Balaban J connectivity index is 1.63. The van der Waals surface area contributed by atoms with Crippen LogP contribution in [0.5, 0.6) is 0 Å². The first kappa shape index (κ1) is 17.0. The zero-order chi connectivity index (χ0) is 17.1. The van der Waals surface area contributed by atoms with Crippen LogP contribution in [0.3, 0.4) is 0 Å². The number of nitro groups is 1. The maximum atomic E-state index is 11.9. The average molecular weight is 442 g/mol. The van der Waals surface area contributed by atoms with Gasteiger partial charge in [0.25, 0.3) is 0 Å². The largest absolute Gasteiger partial charge is 0.324 e. The quantitative estimate of drug-likeness (QED) is 0.332. The van der Waals surface area contributed by atoms with Crippen molar-refractivity contribution in [2.45, 2.75) is 0 Å². The van der Waals surface area contributed by atoms with Gasteiger partial charge in [0.2, 0.25) is 5.91 Å². The van der Waals surface area contributed by atoms with E-state index < -0.39 is 4.92 Å². The Morgan fingerprint density at radius 3 is 2.79 bits per heavy atom. The maximum Gasteiger partial charge on any atom is 0.324 e. The Bertz CT molecular complexity index is 928. The number of halogens is 1. The van der Waals surface area contributed by atoms with Gasteiger partial charge in [0, 0.05) is 22.4 Å². The molecule has 3 aromatic rings. The zero-order valence-electron chi connectivity index (χ0n) is 11.8. The van der Waals surface area contributed by atoms with Crippen molar-refractivity contribution in [3.8, 4) is 10.6 Å². The molecule has 1 N–H and O–H groups in total. The molecule has 0 radical (unpaired) electrons. The molecule has 3 rings (SSSR count). The minimum atomic E-state index is -0.456. The summed E-state index contributed by atoms with van der Waals surface area (Å²) in [5.41, 5.74) is 0.809. The summed E-state index contributed by atoms with van der Waals surface area (Å²) in [6, 6.07) is 6.91. The van der Waals surface area contributed by atoms with E-state index in [4.69, 9.17) is 0 Å². The minimum Gasteiger partial charge on any atom is -0.298 e. The lowest BCUT2D eigenvalue weighted by molar-refractivity contribution is -0.380. The molecule has 1 amide bonds. The fourth-order valence-corrected chi connectivity index (χ4v) is 4.59. The summed E-state index contributed by atoms with van der Waals surface area (Å²) in [6.07, 6.45) is 2.87. The molecule has 0 aromatic carbocycles. The number of hydrogen-bond donors (Lipinski definition) is 1. The summed E-state index contributed by atoms with van der Waals surface area (Å²) >= 11 is 7.32. The van der Waals surface area contributed by atoms with Gasteiger partial charge in [-0.1, -0.05) is 11.3 Å². The Labute approximate surface area is 156 Å². The highest BCUT2D eigenvalue weighted by Gasteiger charge is 2.10. The maximum absolute atomic E-state index is 11.9. The van der Waals surface area contributed by atoms with Gasteiger partial charge in [-0.25, -0.2) is 4.98 Å². The fraction of sp³-hybridized carbons (Fsp3) is 0. The van der Waals surface area contributed by atoms with Crippen LogP contribution in [0.2, 0.25) is 0 Å². The first-order valence-electron chi connectivity index (χ1n) is 6.46. The predicted molar refractivity (Wildman–Crippen MR) is 102 cm³/mol. The number of nitrogens with one attached hydrogen (secondary N) is 1. The third-order valence-electron chi connectivity index (χ3n) is 2.75. The van der Waals surface area contributed by atoms with Gasteiger partial charge in [-0.2, -0.15) is 0 Å². The molecule has 0 aliphatic rings. The first-order valence-corrected chi connectivity index (χ1v) is 9.76. The van der Waals surface area contributed by atoms with Gasteiger partial charge in [-0.15, -0.1) is 22.7 Å². The van der Waals surface area contributed by atoms with E-state index in [9.17, 15) is 14.9 Å². The molecule has 3 aromatic heterocycles. The number of thiazole rings is 1. The summed E-state index contributed by atoms with van der Waals surface area (Å²) in [6.45, 7) is 0. The molecule has 0 fully saturated rings. The monoisotopic (exact) mass is 441 g/mol. The van der Waals surface area contributed by atoms with E-state index >= 15 is 0 Å². The number of rotatable bonds is 5. The van der Waals surface area contributed by atoms with Crippen molar-refractivity contribution in [3.05, 3.63) is 54.5 Å². The minimum absolute atomic E-state index is 0.0433. The number of hydrogen-bond acceptors (Lipinski definition) is 7. The van der Waals surface area contributed by atoms with Gasteiger partial charge in [-0.05, 0) is 40.2 Å². The van der Waals surface area contributed by atoms with Crippen molar-refractivity contribution in [2.75, 3.05) is 5.32 Å². The lowest BCUT2D eigenvalue weighted by atomic mass is 10.4. The number of aromatic nitrogens is 1.